The average molecular weight is 479 g/mol. The SMILES string of the molecule is COc1ccccc1NC(=O)c1ccc(NC(=O)CCN2CCN(CC3CCCCC3)CC2)cc1. The number of anilines is 2. The van der Waals surface area contributed by atoms with Gasteiger partial charge in [0.25, 0.3) is 5.91 Å². The molecule has 0 radical (unpaired) electrons. The number of nitrogens with one attached hydrogen (secondary N) is 2. The lowest BCUT2D eigenvalue weighted by molar-refractivity contribution is -0.116. The summed E-state index contributed by atoms with van der Waals surface area (Å²) in [5, 5.41) is 5.81. The Bertz CT molecular complexity index is 964. The van der Waals surface area contributed by atoms with Crippen LogP contribution in [0.1, 0.15) is 48.9 Å². The van der Waals surface area contributed by atoms with Gasteiger partial charge in [0.1, 0.15) is 5.75 Å². The Morgan fingerprint density at radius 1 is 0.886 bits per heavy atom. The van der Waals surface area contributed by atoms with Crippen molar-refractivity contribution in [2.45, 2.75) is 38.5 Å². The second kappa shape index (κ2) is 12.7. The lowest BCUT2D eigenvalue weighted by atomic mass is 9.89. The zero-order chi connectivity index (χ0) is 24.5. The summed E-state index contributed by atoms with van der Waals surface area (Å²) >= 11 is 0. The van der Waals surface area contributed by atoms with Crippen LogP contribution in [-0.4, -0.2) is 68.0 Å². The van der Waals surface area contributed by atoms with Gasteiger partial charge in [-0.15, -0.1) is 0 Å². The van der Waals surface area contributed by atoms with Gasteiger partial charge >= 0.3 is 0 Å². The van der Waals surface area contributed by atoms with Gasteiger partial charge in [-0.25, -0.2) is 0 Å². The Morgan fingerprint density at radius 3 is 2.29 bits per heavy atom. The molecule has 2 aliphatic rings. The average Bonchev–Trinajstić information content (AvgIpc) is 2.89. The van der Waals surface area contributed by atoms with Gasteiger partial charge in [0, 0.05) is 56.9 Å². The number of carbonyl (C=O) groups is 2. The van der Waals surface area contributed by atoms with Crippen molar-refractivity contribution in [1.82, 2.24) is 9.80 Å². The first-order valence-electron chi connectivity index (χ1n) is 12.9. The Labute approximate surface area is 208 Å². The fourth-order valence-electron chi connectivity index (χ4n) is 5.06. The summed E-state index contributed by atoms with van der Waals surface area (Å²) in [5.41, 5.74) is 1.83. The van der Waals surface area contributed by atoms with Crippen LogP contribution in [0.4, 0.5) is 11.4 Å². The first-order chi connectivity index (χ1) is 17.1. The van der Waals surface area contributed by atoms with Crippen LogP contribution < -0.4 is 15.4 Å². The van der Waals surface area contributed by atoms with Crippen molar-refractivity contribution in [3.63, 3.8) is 0 Å². The van der Waals surface area contributed by atoms with Gasteiger partial charge in [-0.05, 0) is 55.2 Å². The van der Waals surface area contributed by atoms with E-state index in [0.29, 0.717) is 29.1 Å². The molecule has 1 heterocycles. The molecular weight excluding hydrogens is 440 g/mol. The molecule has 188 valence electrons. The van der Waals surface area contributed by atoms with E-state index in [4.69, 9.17) is 4.74 Å². The number of hydrogen-bond donors (Lipinski definition) is 2. The Hall–Kier alpha value is -2.90. The van der Waals surface area contributed by atoms with Gasteiger partial charge in [-0.3, -0.25) is 9.59 Å². The number of methoxy groups -OCH3 is 1. The highest BCUT2D eigenvalue weighted by atomic mass is 16.5. The summed E-state index contributed by atoms with van der Waals surface area (Å²) < 4.78 is 5.28. The van der Waals surface area contributed by atoms with E-state index in [0.717, 1.165) is 38.6 Å². The van der Waals surface area contributed by atoms with Gasteiger partial charge in [-0.2, -0.15) is 0 Å². The molecule has 1 saturated carbocycles. The van der Waals surface area contributed by atoms with Crippen LogP contribution in [0.2, 0.25) is 0 Å². The molecule has 0 spiro atoms. The van der Waals surface area contributed by atoms with Crippen molar-refractivity contribution in [2.75, 3.05) is 57.0 Å². The number of hydrogen-bond acceptors (Lipinski definition) is 5. The molecule has 7 heteroatoms. The monoisotopic (exact) mass is 478 g/mol. The van der Waals surface area contributed by atoms with Gasteiger partial charge in [0.2, 0.25) is 5.91 Å². The second-order valence-electron chi connectivity index (χ2n) is 9.68. The van der Waals surface area contributed by atoms with Gasteiger partial charge < -0.3 is 25.2 Å². The van der Waals surface area contributed by atoms with Crippen LogP contribution in [0.5, 0.6) is 5.75 Å². The predicted molar refractivity (Wildman–Crippen MR) is 140 cm³/mol. The third-order valence-electron chi connectivity index (χ3n) is 7.15. The highest BCUT2D eigenvalue weighted by molar-refractivity contribution is 6.05. The standard InChI is InChI=1S/C28H38N4O3/c1-35-26-10-6-5-9-25(26)30-28(34)23-11-13-24(14-12-23)29-27(33)15-16-31-17-19-32(20-18-31)21-22-7-3-2-4-8-22/h5-6,9-14,22H,2-4,7-8,15-21H2,1H3,(H,29,33)(H,30,34). The molecule has 2 N–H and O–H groups in total. The molecule has 1 aliphatic carbocycles. The molecule has 0 aromatic heterocycles. The number of piperazine rings is 1. The summed E-state index contributed by atoms with van der Waals surface area (Å²) in [6.07, 6.45) is 7.48. The summed E-state index contributed by atoms with van der Waals surface area (Å²) in [6, 6.07) is 14.2. The van der Waals surface area contributed by atoms with E-state index < -0.39 is 0 Å². The Kier molecular flexibility index (Phi) is 9.15. The predicted octanol–water partition coefficient (Wildman–Crippen LogP) is 4.47. The van der Waals surface area contributed by atoms with E-state index >= 15 is 0 Å². The zero-order valence-corrected chi connectivity index (χ0v) is 20.8. The van der Waals surface area contributed by atoms with Crippen molar-refractivity contribution in [3.8, 4) is 5.75 Å². The Morgan fingerprint density at radius 2 is 1.57 bits per heavy atom. The molecule has 0 atom stereocenters. The number of ether oxygens (including phenoxy) is 1. The normalized spacial score (nSPS) is 17.6. The van der Waals surface area contributed by atoms with Crippen molar-refractivity contribution < 1.29 is 14.3 Å². The third kappa shape index (κ3) is 7.54. The highest BCUT2D eigenvalue weighted by Gasteiger charge is 2.21. The van der Waals surface area contributed by atoms with E-state index in [1.807, 2.05) is 12.1 Å². The van der Waals surface area contributed by atoms with Crippen molar-refractivity contribution in [3.05, 3.63) is 54.1 Å². The van der Waals surface area contributed by atoms with Crippen molar-refractivity contribution in [1.29, 1.82) is 0 Å². The number of nitrogens with zero attached hydrogens (tertiary/aromatic N) is 2. The second-order valence-corrected chi connectivity index (χ2v) is 9.68. The smallest absolute Gasteiger partial charge is 0.255 e. The van der Waals surface area contributed by atoms with E-state index in [1.54, 1.807) is 43.5 Å². The number of rotatable bonds is 9. The molecule has 7 nitrogen and oxygen atoms in total. The van der Waals surface area contributed by atoms with Crippen molar-refractivity contribution in [2.24, 2.45) is 5.92 Å². The van der Waals surface area contributed by atoms with E-state index in [2.05, 4.69) is 20.4 Å². The lowest BCUT2D eigenvalue weighted by Crippen LogP contribution is -2.48. The van der Waals surface area contributed by atoms with Gasteiger partial charge in [-0.1, -0.05) is 31.4 Å². The van der Waals surface area contributed by atoms with Crippen LogP contribution in [0.25, 0.3) is 0 Å². The van der Waals surface area contributed by atoms with Gasteiger partial charge in [0.05, 0.1) is 12.8 Å². The molecule has 1 aliphatic heterocycles. The Balaban J connectivity index is 1.17. The quantitative estimate of drug-likeness (QED) is 0.556. The summed E-state index contributed by atoms with van der Waals surface area (Å²) in [4.78, 5) is 30.0. The van der Waals surface area contributed by atoms with Gasteiger partial charge in [0.15, 0.2) is 0 Å². The maximum atomic E-state index is 12.6. The summed E-state index contributed by atoms with van der Waals surface area (Å²) in [5.74, 6) is 1.27. The van der Waals surface area contributed by atoms with Crippen molar-refractivity contribution >= 4 is 23.2 Å². The minimum Gasteiger partial charge on any atom is -0.495 e. The largest absolute Gasteiger partial charge is 0.495 e. The first kappa shape index (κ1) is 25.2. The van der Waals surface area contributed by atoms with E-state index in [9.17, 15) is 9.59 Å². The number of benzene rings is 2. The summed E-state index contributed by atoms with van der Waals surface area (Å²) in [7, 11) is 1.57. The minimum atomic E-state index is -0.227. The molecule has 2 fully saturated rings. The molecule has 2 aromatic rings. The topological polar surface area (TPSA) is 73.9 Å². The molecule has 4 rings (SSSR count). The third-order valence-corrected chi connectivity index (χ3v) is 7.15. The number of para-hydroxylation sites is 2. The molecule has 1 saturated heterocycles. The number of carbonyl (C=O) groups excluding carboxylic acids is 2. The van der Waals surface area contributed by atoms with E-state index in [-0.39, 0.29) is 11.8 Å². The summed E-state index contributed by atoms with van der Waals surface area (Å²) in [6.45, 7) is 6.32. The van der Waals surface area contributed by atoms with Crippen LogP contribution in [0.15, 0.2) is 48.5 Å². The van der Waals surface area contributed by atoms with Crippen LogP contribution in [0, 0.1) is 5.92 Å². The molecular formula is C28H38N4O3. The molecule has 2 amide bonds. The molecule has 0 bridgehead atoms. The molecule has 2 aromatic carbocycles. The molecule has 0 unspecified atom stereocenters. The highest BCUT2D eigenvalue weighted by Crippen LogP contribution is 2.25. The van der Waals surface area contributed by atoms with Crippen LogP contribution in [0.3, 0.4) is 0 Å². The maximum Gasteiger partial charge on any atom is 0.255 e. The fraction of sp³-hybridized carbons (Fsp3) is 0.500. The first-order valence-corrected chi connectivity index (χ1v) is 12.9. The molecule has 35 heavy (non-hydrogen) atoms. The van der Waals surface area contributed by atoms with Crippen LogP contribution >= 0.6 is 0 Å². The minimum absolute atomic E-state index is 0.000795. The maximum absolute atomic E-state index is 12.6. The zero-order valence-electron chi connectivity index (χ0n) is 20.8. The lowest BCUT2D eigenvalue weighted by Gasteiger charge is -2.37. The number of amides is 2. The fourth-order valence-corrected chi connectivity index (χ4v) is 5.06. The van der Waals surface area contributed by atoms with E-state index in [1.165, 1.54) is 38.6 Å². The van der Waals surface area contributed by atoms with Crippen LogP contribution in [-0.2, 0) is 4.79 Å².